The molecule has 1 unspecified atom stereocenters. The highest BCUT2D eigenvalue weighted by molar-refractivity contribution is 9.10. The Morgan fingerprint density at radius 3 is 2.63 bits per heavy atom. The number of anilines is 1. The van der Waals surface area contributed by atoms with Gasteiger partial charge >= 0.3 is 0 Å². The number of halogens is 3. The third-order valence-corrected chi connectivity index (χ3v) is 4.37. The lowest BCUT2D eigenvalue weighted by atomic mass is 10.0. The second-order valence-electron chi connectivity index (χ2n) is 4.23. The van der Waals surface area contributed by atoms with Crippen LogP contribution in [0.5, 0.6) is 0 Å². The maximum atomic E-state index is 13.8. The molecule has 2 aromatic rings. The van der Waals surface area contributed by atoms with E-state index in [4.69, 9.17) is 11.6 Å². The van der Waals surface area contributed by atoms with Crippen LogP contribution in [-0.2, 0) is 0 Å². The van der Waals surface area contributed by atoms with Crippen LogP contribution in [0, 0.1) is 5.82 Å². The molecular weight excluding hydrogens is 329 g/mol. The summed E-state index contributed by atoms with van der Waals surface area (Å²) in [6, 6.07) is 12.3. The number of rotatable bonds is 4. The van der Waals surface area contributed by atoms with Gasteiger partial charge in [-0.2, -0.15) is 0 Å². The molecule has 0 spiro atoms. The van der Waals surface area contributed by atoms with E-state index in [2.05, 4.69) is 21.2 Å². The van der Waals surface area contributed by atoms with Crippen LogP contribution in [0.1, 0.15) is 24.9 Å². The molecule has 0 saturated carbocycles. The van der Waals surface area contributed by atoms with Gasteiger partial charge in [0, 0.05) is 5.56 Å². The Morgan fingerprint density at radius 2 is 1.95 bits per heavy atom. The molecule has 0 amide bonds. The van der Waals surface area contributed by atoms with E-state index < -0.39 is 0 Å². The second-order valence-corrected chi connectivity index (χ2v) is 5.43. The molecule has 2 rings (SSSR count). The van der Waals surface area contributed by atoms with Gasteiger partial charge < -0.3 is 5.32 Å². The van der Waals surface area contributed by atoms with Gasteiger partial charge in [-0.05, 0) is 40.5 Å². The summed E-state index contributed by atoms with van der Waals surface area (Å²) < 4.78 is 14.6. The molecule has 0 aliphatic rings. The minimum atomic E-state index is -0.194. The smallest absolute Gasteiger partial charge is 0.128 e. The van der Waals surface area contributed by atoms with Crippen molar-refractivity contribution in [3.63, 3.8) is 0 Å². The van der Waals surface area contributed by atoms with Gasteiger partial charge in [0.05, 0.1) is 21.2 Å². The Morgan fingerprint density at radius 1 is 1.21 bits per heavy atom. The summed E-state index contributed by atoms with van der Waals surface area (Å²) in [5.74, 6) is -0.194. The first kappa shape index (κ1) is 14.4. The topological polar surface area (TPSA) is 12.0 Å². The van der Waals surface area contributed by atoms with Gasteiger partial charge in [-0.25, -0.2) is 4.39 Å². The molecule has 0 heterocycles. The molecule has 1 N–H and O–H groups in total. The van der Waals surface area contributed by atoms with Gasteiger partial charge in [-0.1, -0.05) is 42.8 Å². The van der Waals surface area contributed by atoms with Crippen molar-refractivity contribution < 1.29 is 4.39 Å². The summed E-state index contributed by atoms with van der Waals surface area (Å²) in [7, 11) is 0. The summed E-state index contributed by atoms with van der Waals surface area (Å²) in [5, 5.41) is 3.96. The minimum absolute atomic E-state index is 0.0871. The molecule has 0 saturated heterocycles. The Hall–Kier alpha value is -1.06. The van der Waals surface area contributed by atoms with E-state index in [9.17, 15) is 4.39 Å². The average Bonchev–Trinajstić information content (AvgIpc) is 2.41. The van der Waals surface area contributed by atoms with Gasteiger partial charge in [-0.15, -0.1) is 0 Å². The molecule has 0 bridgehead atoms. The normalized spacial score (nSPS) is 12.2. The number of hydrogen-bond acceptors (Lipinski definition) is 1. The van der Waals surface area contributed by atoms with E-state index in [0.717, 1.165) is 16.6 Å². The molecule has 2 aromatic carbocycles. The van der Waals surface area contributed by atoms with Crippen LogP contribution in [-0.4, -0.2) is 0 Å². The van der Waals surface area contributed by atoms with Crippen molar-refractivity contribution in [1.82, 2.24) is 0 Å². The fourth-order valence-electron chi connectivity index (χ4n) is 1.96. The van der Waals surface area contributed by atoms with Crippen molar-refractivity contribution in [2.45, 2.75) is 19.4 Å². The SMILES string of the molecule is CCC(Nc1cccc(Cl)c1Br)c1ccccc1F. The fourth-order valence-corrected chi connectivity index (χ4v) is 2.51. The molecule has 0 fully saturated rings. The van der Waals surface area contributed by atoms with E-state index in [1.54, 1.807) is 18.2 Å². The molecule has 4 heteroatoms. The highest BCUT2D eigenvalue weighted by Gasteiger charge is 2.15. The van der Waals surface area contributed by atoms with Gasteiger partial charge in [0.2, 0.25) is 0 Å². The quantitative estimate of drug-likeness (QED) is 0.740. The molecule has 0 aliphatic heterocycles. The number of hydrogen-bond donors (Lipinski definition) is 1. The Labute approximate surface area is 125 Å². The van der Waals surface area contributed by atoms with E-state index in [-0.39, 0.29) is 11.9 Å². The predicted molar refractivity (Wildman–Crippen MR) is 82.2 cm³/mol. The molecular formula is C15H14BrClFN. The lowest BCUT2D eigenvalue weighted by Gasteiger charge is -2.20. The standard InChI is InChI=1S/C15H14BrClFN/c1-2-13(10-6-3-4-8-12(10)18)19-14-9-5-7-11(17)15(14)16/h3-9,13,19H,2H2,1H3. The molecule has 0 aromatic heterocycles. The van der Waals surface area contributed by atoms with Crippen molar-refractivity contribution in [2.24, 2.45) is 0 Å². The lowest BCUT2D eigenvalue weighted by molar-refractivity contribution is 0.587. The van der Waals surface area contributed by atoms with Crippen molar-refractivity contribution in [3.8, 4) is 0 Å². The van der Waals surface area contributed by atoms with Crippen LogP contribution in [0.25, 0.3) is 0 Å². The minimum Gasteiger partial charge on any atom is -0.377 e. The predicted octanol–water partition coefficient (Wildman–Crippen LogP) is 5.80. The second kappa shape index (κ2) is 6.40. The zero-order chi connectivity index (χ0) is 13.8. The monoisotopic (exact) mass is 341 g/mol. The Kier molecular flexibility index (Phi) is 4.83. The van der Waals surface area contributed by atoms with E-state index in [0.29, 0.717) is 10.6 Å². The summed E-state index contributed by atoms with van der Waals surface area (Å²) in [4.78, 5) is 0. The molecule has 1 nitrogen and oxygen atoms in total. The Balaban J connectivity index is 2.30. The van der Waals surface area contributed by atoms with E-state index >= 15 is 0 Å². The molecule has 0 radical (unpaired) electrons. The van der Waals surface area contributed by atoms with Crippen LogP contribution in [0.15, 0.2) is 46.9 Å². The Bertz CT molecular complexity index is 574. The summed E-state index contributed by atoms with van der Waals surface area (Å²) in [6.45, 7) is 2.02. The summed E-state index contributed by atoms with van der Waals surface area (Å²) >= 11 is 9.50. The van der Waals surface area contributed by atoms with Gasteiger partial charge in [0.1, 0.15) is 5.82 Å². The zero-order valence-corrected chi connectivity index (χ0v) is 12.8. The highest BCUT2D eigenvalue weighted by atomic mass is 79.9. The summed E-state index contributed by atoms with van der Waals surface area (Å²) in [5.41, 5.74) is 1.53. The van der Waals surface area contributed by atoms with Gasteiger partial charge in [-0.3, -0.25) is 0 Å². The van der Waals surface area contributed by atoms with Crippen LogP contribution in [0.3, 0.4) is 0 Å². The summed E-state index contributed by atoms with van der Waals surface area (Å²) in [6.07, 6.45) is 0.778. The third-order valence-electron chi connectivity index (χ3n) is 2.97. The maximum Gasteiger partial charge on any atom is 0.128 e. The third kappa shape index (κ3) is 3.28. The van der Waals surface area contributed by atoms with Crippen molar-refractivity contribution in [3.05, 3.63) is 63.3 Å². The van der Waals surface area contributed by atoms with Crippen LogP contribution >= 0.6 is 27.5 Å². The molecule has 100 valence electrons. The van der Waals surface area contributed by atoms with Crippen LogP contribution in [0.4, 0.5) is 10.1 Å². The van der Waals surface area contributed by atoms with E-state index in [1.165, 1.54) is 6.07 Å². The van der Waals surface area contributed by atoms with Crippen molar-refractivity contribution in [2.75, 3.05) is 5.32 Å². The molecule has 19 heavy (non-hydrogen) atoms. The van der Waals surface area contributed by atoms with Gasteiger partial charge in [0.15, 0.2) is 0 Å². The van der Waals surface area contributed by atoms with Crippen molar-refractivity contribution in [1.29, 1.82) is 0 Å². The highest BCUT2D eigenvalue weighted by Crippen LogP contribution is 2.33. The lowest BCUT2D eigenvalue weighted by Crippen LogP contribution is -2.11. The first-order valence-electron chi connectivity index (χ1n) is 6.08. The average molecular weight is 343 g/mol. The van der Waals surface area contributed by atoms with Crippen LogP contribution < -0.4 is 5.32 Å². The molecule has 1 atom stereocenters. The zero-order valence-electron chi connectivity index (χ0n) is 10.5. The maximum absolute atomic E-state index is 13.8. The first-order chi connectivity index (χ1) is 9.13. The fraction of sp³-hybridized carbons (Fsp3) is 0.200. The molecule has 0 aliphatic carbocycles. The van der Waals surface area contributed by atoms with Crippen LogP contribution in [0.2, 0.25) is 5.02 Å². The first-order valence-corrected chi connectivity index (χ1v) is 7.25. The van der Waals surface area contributed by atoms with Crippen molar-refractivity contribution >= 4 is 33.2 Å². The van der Waals surface area contributed by atoms with E-state index in [1.807, 2.05) is 25.1 Å². The number of nitrogens with one attached hydrogen (secondary N) is 1. The largest absolute Gasteiger partial charge is 0.377 e. The van der Waals surface area contributed by atoms with Gasteiger partial charge in [0.25, 0.3) is 0 Å². The number of benzene rings is 2.